The lowest BCUT2D eigenvalue weighted by atomic mass is 10.2. The minimum absolute atomic E-state index is 0.0993. The van der Waals surface area contributed by atoms with Gasteiger partial charge in [0.1, 0.15) is 17.5 Å². The maximum atomic E-state index is 13.5. The lowest BCUT2D eigenvalue weighted by molar-refractivity contribution is -0.116. The van der Waals surface area contributed by atoms with E-state index in [1.165, 1.54) is 12.1 Å². The summed E-state index contributed by atoms with van der Waals surface area (Å²) in [6.45, 7) is 1.89. The largest absolute Gasteiger partial charge is 0.352 e. The maximum absolute atomic E-state index is 13.5. The van der Waals surface area contributed by atoms with Crippen LogP contribution in [0.3, 0.4) is 0 Å². The molecule has 0 bridgehead atoms. The van der Waals surface area contributed by atoms with Gasteiger partial charge in [0.2, 0.25) is 5.91 Å². The molecule has 0 aromatic heterocycles. The summed E-state index contributed by atoms with van der Waals surface area (Å²) in [5, 5.41) is 5.05. The van der Waals surface area contributed by atoms with Crippen LogP contribution in [-0.2, 0) is 4.79 Å². The molecule has 7 heteroatoms. The summed E-state index contributed by atoms with van der Waals surface area (Å²) in [6.07, 6.45) is 0.414. The summed E-state index contributed by atoms with van der Waals surface area (Å²) in [5.74, 6) is -3.17. The molecule has 0 saturated carbocycles. The fourth-order valence-electron chi connectivity index (χ4n) is 2.16. The van der Waals surface area contributed by atoms with Gasteiger partial charge in [0.05, 0.1) is 5.56 Å². The quantitative estimate of drug-likeness (QED) is 0.783. The lowest BCUT2D eigenvalue weighted by Crippen LogP contribution is -2.26. The van der Waals surface area contributed by atoms with Crippen molar-refractivity contribution in [1.29, 1.82) is 0 Å². The second-order valence-electron chi connectivity index (χ2n) is 5.49. The number of amides is 2. The van der Waals surface area contributed by atoms with Gasteiger partial charge in [0, 0.05) is 24.7 Å². The third-order valence-corrected chi connectivity index (χ3v) is 3.52. The highest BCUT2D eigenvalue weighted by molar-refractivity contribution is 5.94. The summed E-state index contributed by atoms with van der Waals surface area (Å²) in [5.41, 5.74) is 0.860. The zero-order valence-corrected chi connectivity index (χ0v) is 13.5. The van der Waals surface area contributed by atoms with Gasteiger partial charge in [-0.3, -0.25) is 9.59 Å². The Balaban J connectivity index is 1.77. The first-order chi connectivity index (χ1) is 11.9. The Morgan fingerprint density at radius 1 is 1.00 bits per heavy atom. The van der Waals surface area contributed by atoms with Crippen molar-refractivity contribution in [1.82, 2.24) is 5.32 Å². The van der Waals surface area contributed by atoms with E-state index in [-0.39, 0.29) is 24.4 Å². The Morgan fingerprint density at radius 3 is 2.40 bits per heavy atom. The highest BCUT2D eigenvalue weighted by Gasteiger charge is 2.12. The fourth-order valence-corrected chi connectivity index (χ4v) is 2.16. The molecule has 0 fully saturated rings. The van der Waals surface area contributed by atoms with E-state index in [4.69, 9.17) is 0 Å². The zero-order chi connectivity index (χ0) is 18.4. The number of carbonyl (C=O) groups excluding carboxylic acids is 2. The number of nitrogens with one attached hydrogen (secondary N) is 2. The SMILES string of the molecule is Cc1ccc(F)cc1NC(=O)CCCNC(=O)c1ccc(F)cc1F. The van der Waals surface area contributed by atoms with Crippen molar-refractivity contribution in [3.05, 3.63) is 65.0 Å². The number of hydrogen-bond donors (Lipinski definition) is 2. The van der Waals surface area contributed by atoms with E-state index >= 15 is 0 Å². The summed E-state index contributed by atoms with van der Waals surface area (Å²) in [4.78, 5) is 23.6. The normalized spacial score (nSPS) is 10.4. The number of rotatable bonds is 6. The van der Waals surface area contributed by atoms with Crippen LogP contribution < -0.4 is 10.6 Å². The van der Waals surface area contributed by atoms with Gasteiger partial charge in [-0.15, -0.1) is 0 Å². The smallest absolute Gasteiger partial charge is 0.254 e. The number of halogens is 3. The Bertz CT molecular complexity index is 794. The van der Waals surface area contributed by atoms with Crippen LogP contribution in [0.5, 0.6) is 0 Å². The minimum Gasteiger partial charge on any atom is -0.352 e. The number of carbonyl (C=O) groups is 2. The highest BCUT2D eigenvalue weighted by Crippen LogP contribution is 2.16. The molecule has 2 rings (SSSR count). The van der Waals surface area contributed by atoms with E-state index in [1.807, 2.05) is 0 Å². The van der Waals surface area contributed by atoms with Crippen LogP contribution in [0.25, 0.3) is 0 Å². The number of benzene rings is 2. The molecule has 0 spiro atoms. The van der Waals surface area contributed by atoms with E-state index in [2.05, 4.69) is 10.6 Å². The van der Waals surface area contributed by atoms with Crippen molar-refractivity contribution < 1.29 is 22.8 Å². The molecular weight excluding hydrogens is 333 g/mol. The summed E-state index contributed by atoms with van der Waals surface area (Å²) < 4.78 is 39.4. The Hall–Kier alpha value is -2.83. The average Bonchev–Trinajstić information content (AvgIpc) is 2.55. The van der Waals surface area contributed by atoms with Crippen LogP contribution in [0.4, 0.5) is 18.9 Å². The molecule has 0 heterocycles. The molecule has 132 valence electrons. The van der Waals surface area contributed by atoms with Gasteiger partial charge in [0.15, 0.2) is 0 Å². The molecule has 2 aromatic carbocycles. The predicted octanol–water partition coefficient (Wildman–Crippen LogP) is 3.56. The third-order valence-electron chi connectivity index (χ3n) is 3.52. The first-order valence-electron chi connectivity index (χ1n) is 7.66. The first kappa shape index (κ1) is 18.5. The average molecular weight is 350 g/mol. The molecule has 0 unspecified atom stereocenters. The van der Waals surface area contributed by atoms with Crippen LogP contribution in [0.2, 0.25) is 0 Å². The van der Waals surface area contributed by atoms with Gasteiger partial charge in [-0.1, -0.05) is 6.07 Å². The van der Waals surface area contributed by atoms with Crippen molar-refractivity contribution >= 4 is 17.5 Å². The van der Waals surface area contributed by atoms with Gasteiger partial charge < -0.3 is 10.6 Å². The van der Waals surface area contributed by atoms with Gasteiger partial charge in [0.25, 0.3) is 5.91 Å². The Labute approximate surface area is 143 Å². The molecule has 0 aliphatic carbocycles. The van der Waals surface area contributed by atoms with E-state index in [0.717, 1.165) is 17.7 Å². The van der Waals surface area contributed by atoms with E-state index in [1.54, 1.807) is 13.0 Å². The molecule has 0 aliphatic heterocycles. The van der Waals surface area contributed by atoms with Crippen LogP contribution in [0, 0.1) is 24.4 Å². The monoisotopic (exact) mass is 350 g/mol. The van der Waals surface area contributed by atoms with Crippen LogP contribution in [0.1, 0.15) is 28.8 Å². The van der Waals surface area contributed by atoms with E-state index < -0.39 is 23.4 Å². The van der Waals surface area contributed by atoms with Crippen LogP contribution >= 0.6 is 0 Å². The summed E-state index contributed by atoms with van der Waals surface area (Å²) >= 11 is 0. The van der Waals surface area contributed by atoms with Gasteiger partial charge >= 0.3 is 0 Å². The lowest BCUT2D eigenvalue weighted by Gasteiger charge is -2.09. The van der Waals surface area contributed by atoms with Crippen molar-refractivity contribution in [3.8, 4) is 0 Å². The molecule has 0 saturated heterocycles. The molecule has 2 aromatic rings. The Kier molecular flexibility index (Phi) is 6.16. The molecular formula is C18H17F3N2O2. The fraction of sp³-hybridized carbons (Fsp3) is 0.222. The van der Waals surface area contributed by atoms with Crippen molar-refractivity contribution in [2.24, 2.45) is 0 Å². The molecule has 0 atom stereocenters. The molecule has 25 heavy (non-hydrogen) atoms. The highest BCUT2D eigenvalue weighted by atomic mass is 19.1. The van der Waals surface area contributed by atoms with Gasteiger partial charge in [-0.25, -0.2) is 13.2 Å². The van der Waals surface area contributed by atoms with Crippen LogP contribution in [0.15, 0.2) is 36.4 Å². The molecule has 4 nitrogen and oxygen atoms in total. The first-order valence-corrected chi connectivity index (χ1v) is 7.66. The van der Waals surface area contributed by atoms with Crippen molar-refractivity contribution in [2.75, 3.05) is 11.9 Å². The number of aryl methyl sites for hydroxylation is 1. The van der Waals surface area contributed by atoms with Crippen LogP contribution in [-0.4, -0.2) is 18.4 Å². The van der Waals surface area contributed by atoms with Gasteiger partial charge in [-0.05, 0) is 43.2 Å². The maximum Gasteiger partial charge on any atom is 0.254 e. The van der Waals surface area contributed by atoms with E-state index in [0.29, 0.717) is 18.2 Å². The molecule has 2 amide bonds. The summed E-state index contributed by atoms with van der Waals surface area (Å²) in [7, 11) is 0. The Morgan fingerprint density at radius 2 is 1.68 bits per heavy atom. The zero-order valence-electron chi connectivity index (χ0n) is 13.5. The van der Waals surface area contributed by atoms with Gasteiger partial charge in [-0.2, -0.15) is 0 Å². The second-order valence-corrected chi connectivity index (χ2v) is 5.49. The van der Waals surface area contributed by atoms with Crippen molar-refractivity contribution in [2.45, 2.75) is 19.8 Å². The molecule has 2 N–H and O–H groups in total. The minimum atomic E-state index is -0.947. The molecule has 0 radical (unpaired) electrons. The number of anilines is 1. The number of hydrogen-bond acceptors (Lipinski definition) is 2. The third kappa shape index (κ3) is 5.34. The summed E-state index contributed by atoms with van der Waals surface area (Å²) in [6, 6.07) is 6.76. The molecule has 0 aliphatic rings. The van der Waals surface area contributed by atoms with E-state index in [9.17, 15) is 22.8 Å². The standard InChI is InChI=1S/C18H17F3N2O2/c1-11-4-5-13(20)10-16(11)23-17(24)3-2-8-22-18(25)14-7-6-12(19)9-15(14)21/h4-7,9-10H,2-3,8H2,1H3,(H,22,25)(H,23,24). The van der Waals surface area contributed by atoms with Crippen molar-refractivity contribution in [3.63, 3.8) is 0 Å². The topological polar surface area (TPSA) is 58.2 Å². The predicted molar refractivity (Wildman–Crippen MR) is 87.7 cm³/mol. The second kappa shape index (κ2) is 8.32.